The van der Waals surface area contributed by atoms with Crippen molar-refractivity contribution in [2.75, 3.05) is 20.8 Å². The molecule has 0 aliphatic carbocycles. The standard InChI is InChI=1S/C4H12O8P2/c1-11-14(10,12-2)4(6,3-5)13(7,8)9/h5-6H,3H2,1-2H3,(H2,7,8,9). The van der Waals surface area contributed by atoms with E-state index >= 15 is 0 Å². The summed E-state index contributed by atoms with van der Waals surface area (Å²) in [6, 6.07) is 0. The van der Waals surface area contributed by atoms with Gasteiger partial charge in [0, 0.05) is 14.2 Å². The molecule has 0 spiro atoms. The van der Waals surface area contributed by atoms with Gasteiger partial charge in [-0.05, 0) is 0 Å². The largest absolute Gasteiger partial charge is 0.392 e. The van der Waals surface area contributed by atoms with Gasteiger partial charge in [-0.2, -0.15) is 0 Å². The summed E-state index contributed by atoms with van der Waals surface area (Å²) >= 11 is 0. The van der Waals surface area contributed by atoms with Crippen LogP contribution >= 0.6 is 15.2 Å². The second kappa shape index (κ2) is 4.38. The maximum Gasteiger partial charge on any atom is 0.376 e. The van der Waals surface area contributed by atoms with E-state index in [4.69, 9.17) is 14.9 Å². The third-order valence-corrected chi connectivity index (χ3v) is 6.17. The fourth-order valence-corrected chi connectivity index (χ4v) is 3.56. The molecule has 0 bridgehead atoms. The smallest absolute Gasteiger partial charge is 0.376 e. The van der Waals surface area contributed by atoms with Crippen LogP contribution in [-0.2, 0) is 18.2 Å². The first-order valence-electron chi connectivity index (χ1n) is 3.29. The van der Waals surface area contributed by atoms with Crippen LogP contribution in [0.2, 0.25) is 0 Å². The first-order valence-corrected chi connectivity index (χ1v) is 6.44. The van der Waals surface area contributed by atoms with Crippen LogP contribution in [-0.4, -0.2) is 45.9 Å². The minimum Gasteiger partial charge on any atom is -0.392 e. The van der Waals surface area contributed by atoms with E-state index in [-0.39, 0.29) is 0 Å². The van der Waals surface area contributed by atoms with Gasteiger partial charge in [0.1, 0.15) is 0 Å². The van der Waals surface area contributed by atoms with Crippen LogP contribution in [0.25, 0.3) is 0 Å². The van der Waals surface area contributed by atoms with E-state index in [0.29, 0.717) is 0 Å². The van der Waals surface area contributed by atoms with Gasteiger partial charge in [-0.3, -0.25) is 9.13 Å². The van der Waals surface area contributed by atoms with Crippen molar-refractivity contribution in [2.24, 2.45) is 0 Å². The molecule has 0 aliphatic rings. The molecule has 0 aromatic carbocycles. The molecule has 14 heavy (non-hydrogen) atoms. The Hall–Kier alpha value is 0.220. The Kier molecular flexibility index (Phi) is 4.45. The summed E-state index contributed by atoms with van der Waals surface area (Å²) in [5.74, 6) is 0. The Morgan fingerprint density at radius 2 is 1.57 bits per heavy atom. The van der Waals surface area contributed by atoms with E-state index in [1.807, 2.05) is 0 Å². The van der Waals surface area contributed by atoms with Gasteiger partial charge in [0.05, 0.1) is 6.61 Å². The highest BCUT2D eigenvalue weighted by Gasteiger charge is 2.61. The Bertz CT molecular complexity index is 275. The molecule has 4 N–H and O–H groups in total. The van der Waals surface area contributed by atoms with Crippen molar-refractivity contribution >= 4 is 15.2 Å². The highest BCUT2D eigenvalue weighted by Crippen LogP contribution is 2.71. The maximum absolute atomic E-state index is 11.5. The van der Waals surface area contributed by atoms with Crippen LogP contribution in [0.1, 0.15) is 0 Å². The van der Waals surface area contributed by atoms with Crippen molar-refractivity contribution in [1.82, 2.24) is 0 Å². The number of hydrogen-bond acceptors (Lipinski definition) is 6. The normalized spacial score (nSPS) is 17.9. The van der Waals surface area contributed by atoms with E-state index in [0.717, 1.165) is 14.2 Å². The average Bonchev–Trinajstić information content (AvgIpc) is 2.13. The molecule has 0 radical (unpaired) electrons. The Balaban J connectivity index is 5.46. The molecule has 8 nitrogen and oxygen atoms in total. The van der Waals surface area contributed by atoms with Crippen molar-refractivity contribution in [3.05, 3.63) is 0 Å². The molecule has 0 saturated heterocycles. The van der Waals surface area contributed by atoms with Crippen LogP contribution in [0.3, 0.4) is 0 Å². The second-order valence-corrected chi connectivity index (χ2v) is 6.98. The summed E-state index contributed by atoms with van der Waals surface area (Å²) in [6.45, 7) is -1.45. The molecule has 1 unspecified atom stereocenters. The van der Waals surface area contributed by atoms with Gasteiger partial charge in [-0.25, -0.2) is 0 Å². The predicted octanol–water partition coefficient (Wildman–Crippen LogP) is -0.712. The first-order chi connectivity index (χ1) is 6.18. The van der Waals surface area contributed by atoms with E-state index in [1.54, 1.807) is 0 Å². The molecule has 0 saturated carbocycles. The lowest BCUT2D eigenvalue weighted by atomic mass is 10.8. The summed E-state index contributed by atoms with van der Waals surface area (Å²) in [6.07, 6.45) is 0. The highest BCUT2D eigenvalue weighted by molar-refractivity contribution is 7.73. The molecule has 86 valence electrons. The molecule has 0 aromatic rings. The third-order valence-electron chi connectivity index (χ3n) is 1.60. The fraction of sp³-hybridized carbons (Fsp3) is 1.00. The molecule has 0 fully saturated rings. The molecular formula is C4H12O8P2. The van der Waals surface area contributed by atoms with E-state index in [2.05, 4.69) is 9.05 Å². The van der Waals surface area contributed by atoms with Crippen molar-refractivity contribution in [3.8, 4) is 0 Å². The van der Waals surface area contributed by atoms with Crippen molar-refractivity contribution in [1.29, 1.82) is 0 Å². The summed E-state index contributed by atoms with van der Waals surface area (Å²) in [5, 5.41) is 14.8. The molecule has 0 aromatic heterocycles. The van der Waals surface area contributed by atoms with Crippen molar-refractivity contribution < 1.29 is 38.2 Å². The Labute approximate surface area is 80.2 Å². The zero-order valence-electron chi connectivity index (χ0n) is 7.52. The van der Waals surface area contributed by atoms with Crippen molar-refractivity contribution in [3.63, 3.8) is 0 Å². The third kappa shape index (κ3) is 2.08. The number of rotatable bonds is 5. The number of aliphatic hydroxyl groups is 2. The zero-order chi connectivity index (χ0) is 11.6. The zero-order valence-corrected chi connectivity index (χ0v) is 9.31. The molecule has 0 rings (SSSR count). The number of aliphatic hydroxyl groups excluding tert-OH is 1. The van der Waals surface area contributed by atoms with Gasteiger partial charge in [0.15, 0.2) is 0 Å². The number of hydrogen-bond donors (Lipinski definition) is 4. The molecule has 10 heteroatoms. The Morgan fingerprint density at radius 1 is 1.21 bits per heavy atom. The minimum atomic E-state index is -5.25. The van der Waals surface area contributed by atoms with Gasteiger partial charge in [-0.15, -0.1) is 0 Å². The highest BCUT2D eigenvalue weighted by atomic mass is 31.2. The minimum absolute atomic E-state index is 0.834. The monoisotopic (exact) mass is 250 g/mol. The topological polar surface area (TPSA) is 134 Å². The quantitative estimate of drug-likeness (QED) is 0.470. The predicted molar refractivity (Wildman–Crippen MR) is 45.7 cm³/mol. The van der Waals surface area contributed by atoms with Gasteiger partial charge in [-0.1, -0.05) is 0 Å². The van der Waals surface area contributed by atoms with Crippen LogP contribution in [0.4, 0.5) is 0 Å². The lowest BCUT2D eigenvalue weighted by Gasteiger charge is -2.31. The molecule has 0 heterocycles. The van der Waals surface area contributed by atoms with Gasteiger partial charge >= 0.3 is 15.2 Å². The summed E-state index contributed by atoms with van der Waals surface area (Å²) in [5.41, 5.74) is 0. The maximum atomic E-state index is 11.5. The molecule has 0 aliphatic heterocycles. The Morgan fingerprint density at radius 3 is 1.64 bits per heavy atom. The van der Waals surface area contributed by atoms with Crippen LogP contribution in [0.15, 0.2) is 0 Å². The average molecular weight is 250 g/mol. The summed E-state index contributed by atoms with van der Waals surface area (Å²) in [7, 11) is -8.06. The van der Waals surface area contributed by atoms with E-state index < -0.39 is 26.9 Å². The van der Waals surface area contributed by atoms with E-state index in [9.17, 15) is 14.2 Å². The van der Waals surface area contributed by atoms with Crippen LogP contribution in [0.5, 0.6) is 0 Å². The van der Waals surface area contributed by atoms with Crippen molar-refractivity contribution in [2.45, 2.75) is 5.08 Å². The summed E-state index contributed by atoms with van der Waals surface area (Å²) in [4.78, 5) is 17.4. The van der Waals surface area contributed by atoms with E-state index in [1.165, 1.54) is 0 Å². The van der Waals surface area contributed by atoms with Gasteiger partial charge in [0.25, 0.3) is 5.08 Å². The molecular weight excluding hydrogens is 238 g/mol. The SMILES string of the molecule is COP(=O)(OC)C(O)(CO)P(=O)(O)O. The van der Waals surface area contributed by atoms with Gasteiger partial charge < -0.3 is 29.0 Å². The van der Waals surface area contributed by atoms with Crippen LogP contribution in [0, 0.1) is 0 Å². The lowest BCUT2D eigenvalue weighted by molar-refractivity contribution is 0.0638. The van der Waals surface area contributed by atoms with Crippen LogP contribution < -0.4 is 0 Å². The van der Waals surface area contributed by atoms with Gasteiger partial charge in [0.2, 0.25) is 0 Å². The second-order valence-electron chi connectivity index (χ2n) is 2.34. The molecule has 0 amide bonds. The first kappa shape index (κ1) is 14.2. The lowest BCUT2D eigenvalue weighted by Crippen LogP contribution is -2.34. The summed E-state index contributed by atoms with van der Waals surface area (Å²) < 4.78 is 30.7. The molecule has 1 atom stereocenters. The fourth-order valence-electron chi connectivity index (χ4n) is 0.705.